The van der Waals surface area contributed by atoms with Gasteiger partial charge in [-0.25, -0.2) is 13.1 Å². The molecular weight excluding hydrogens is 444 g/mol. The van der Waals surface area contributed by atoms with Crippen molar-refractivity contribution in [1.29, 1.82) is 0 Å². The molecule has 3 rings (SSSR count). The number of hydrogen-bond donors (Lipinski definition) is 1. The molecule has 1 aromatic heterocycles. The van der Waals surface area contributed by atoms with Gasteiger partial charge in [0.25, 0.3) is 5.56 Å². The van der Waals surface area contributed by atoms with E-state index >= 15 is 0 Å². The fourth-order valence-corrected chi connectivity index (χ4v) is 4.24. The lowest BCUT2D eigenvalue weighted by Gasteiger charge is -2.22. The molecule has 0 fully saturated rings. The normalized spacial score (nSPS) is 11.5. The number of ether oxygens (including phenoxy) is 1. The van der Waals surface area contributed by atoms with Crippen LogP contribution in [-0.4, -0.2) is 42.6 Å². The smallest absolute Gasteiger partial charge is 0.295 e. The zero-order valence-corrected chi connectivity index (χ0v) is 20.1. The number of rotatable bonds is 8. The maximum absolute atomic E-state index is 13.0. The monoisotopic (exact) mass is 472 g/mol. The van der Waals surface area contributed by atoms with Gasteiger partial charge < -0.3 is 10.1 Å². The van der Waals surface area contributed by atoms with E-state index in [4.69, 9.17) is 4.74 Å². The highest BCUT2D eigenvalue weighted by Gasteiger charge is 2.24. The van der Waals surface area contributed by atoms with E-state index in [9.17, 15) is 18.0 Å². The van der Waals surface area contributed by atoms with Crippen molar-refractivity contribution in [3.05, 3.63) is 70.6 Å². The molecule has 33 heavy (non-hydrogen) atoms. The molecule has 0 aliphatic rings. The minimum absolute atomic E-state index is 0.0262. The molecule has 0 aliphatic heterocycles. The third-order valence-corrected chi connectivity index (χ3v) is 6.14. The quantitative estimate of drug-likeness (QED) is 0.543. The van der Waals surface area contributed by atoms with Crippen molar-refractivity contribution in [2.75, 3.05) is 22.4 Å². The molecule has 0 saturated heterocycles. The molecule has 1 amide bonds. The number of para-hydroxylation sites is 1. The lowest BCUT2D eigenvalue weighted by atomic mass is 10.3. The van der Waals surface area contributed by atoms with Gasteiger partial charge in [-0.2, -0.15) is 0 Å². The molecule has 2 aromatic carbocycles. The Hall–Kier alpha value is -3.53. The van der Waals surface area contributed by atoms with Crippen LogP contribution in [0.5, 0.6) is 5.75 Å². The van der Waals surface area contributed by atoms with Crippen LogP contribution in [-0.2, 0) is 21.9 Å². The zero-order chi connectivity index (χ0) is 24.3. The summed E-state index contributed by atoms with van der Waals surface area (Å²) in [6.07, 6.45) is 0.997. The second-order valence-corrected chi connectivity index (χ2v) is 9.82. The van der Waals surface area contributed by atoms with Crippen molar-refractivity contribution in [3.8, 4) is 11.4 Å². The second-order valence-electron chi connectivity index (χ2n) is 7.91. The molecule has 0 saturated carbocycles. The van der Waals surface area contributed by atoms with Gasteiger partial charge in [-0.1, -0.05) is 18.2 Å². The van der Waals surface area contributed by atoms with Crippen LogP contribution in [0.3, 0.4) is 0 Å². The van der Waals surface area contributed by atoms with Crippen LogP contribution in [0, 0.1) is 6.92 Å². The Morgan fingerprint density at radius 1 is 1.09 bits per heavy atom. The lowest BCUT2D eigenvalue weighted by molar-refractivity contribution is -0.114. The van der Waals surface area contributed by atoms with Crippen LogP contribution in [0.15, 0.2) is 59.4 Å². The van der Waals surface area contributed by atoms with Gasteiger partial charge in [0.2, 0.25) is 15.9 Å². The summed E-state index contributed by atoms with van der Waals surface area (Å²) in [6.45, 7) is 5.00. The van der Waals surface area contributed by atoms with Crippen molar-refractivity contribution in [1.82, 2.24) is 9.36 Å². The predicted octanol–water partition coefficient (Wildman–Crippen LogP) is 2.68. The average molecular weight is 473 g/mol. The highest BCUT2D eigenvalue weighted by Crippen LogP contribution is 2.22. The molecule has 0 atom stereocenters. The Balaban J connectivity index is 1.86. The molecule has 9 nitrogen and oxygen atoms in total. The van der Waals surface area contributed by atoms with E-state index in [0.717, 1.165) is 10.6 Å². The first-order valence-corrected chi connectivity index (χ1v) is 12.2. The van der Waals surface area contributed by atoms with Crippen LogP contribution in [0.4, 0.5) is 11.4 Å². The maximum atomic E-state index is 13.0. The molecule has 1 heterocycles. The number of amides is 1. The lowest BCUT2D eigenvalue weighted by Crippen LogP contribution is -2.38. The maximum Gasteiger partial charge on any atom is 0.295 e. The van der Waals surface area contributed by atoms with Crippen LogP contribution >= 0.6 is 0 Å². The van der Waals surface area contributed by atoms with Crippen LogP contribution < -0.4 is 19.9 Å². The SMILES string of the molecule is Cc1c(NC(=O)CN(c2ccc(OC(C)C)cc2)S(C)(=O)=O)c(=O)n(-c2ccccc2)n1C. The number of nitrogens with zero attached hydrogens (tertiary/aromatic N) is 3. The van der Waals surface area contributed by atoms with Gasteiger partial charge in [-0.15, -0.1) is 0 Å². The summed E-state index contributed by atoms with van der Waals surface area (Å²) in [5.41, 5.74) is 1.19. The third-order valence-electron chi connectivity index (χ3n) is 5.00. The fourth-order valence-electron chi connectivity index (χ4n) is 3.38. The molecule has 0 aliphatic carbocycles. The molecular formula is C23H28N4O5S. The molecule has 0 spiro atoms. The van der Waals surface area contributed by atoms with Gasteiger partial charge in [0, 0.05) is 7.05 Å². The van der Waals surface area contributed by atoms with E-state index in [0.29, 0.717) is 22.8 Å². The average Bonchev–Trinajstić information content (AvgIpc) is 2.95. The first-order valence-electron chi connectivity index (χ1n) is 10.4. The van der Waals surface area contributed by atoms with E-state index in [-0.39, 0.29) is 11.8 Å². The second kappa shape index (κ2) is 9.53. The van der Waals surface area contributed by atoms with Crippen molar-refractivity contribution in [3.63, 3.8) is 0 Å². The Bertz CT molecular complexity index is 1290. The Kier molecular flexibility index (Phi) is 6.97. The van der Waals surface area contributed by atoms with Crippen LogP contribution in [0.2, 0.25) is 0 Å². The predicted molar refractivity (Wildman–Crippen MR) is 129 cm³/mol. The van der Waals surface area contributed by atoms with E-state index in [1.807, 2.05) is 32.0 Å². The van der Waals surface area contributed by atoms with Crippen molar-refractivity contribution in [2.45, 2.75) is 26.9 Å². The van der Waals surface area contributed by atoms with E-state index in [2.05, 4.69) is 5.32 Å². The summed E-state index contributed by atoms with van der Waals surface area (Å²) < 4.78 is 34.4. The van der Waals surface area contributed by atoms with Gasteiger partial charge in [0.1, 0.15) is 18.0 Å². The van der Waals surface area contributed by atoms with Gasteiger partial charge in [-0.05, 0) is 57.2 Å². The van der Waals surface area contributed by atoms with Gasteiger partial charge in [0.05, 0.1) is 29.4 Å². The summed E-state index contributed by atoms with van der Waals surface area (Å²) in [6, 6.07) is 15.5. The minimum Gasteiger partial charge on any atom is -0.491 e. The number of sulfonamides is 1. The van der Waals surface area contributed by atoms with Crippen LogP contribution in [0.1, 0.15) is 19.5 Å². The van der Waals surface area contributed by atoms with E-state index in [1.54, 1.807) is 55.1 Å². The molecule has 0 bridgehead atoms. The standard InChI is InChI=1S/C23H28N4O5S/c1-16(2)32-20-13-11-18(12-14-20)26(33(5,30)31)15-21(28)24-22-17(3)25(4)27(23(22)29)19-9-7-6-8-10-19/h6-14,16H,15H2,1-5H3,(H,24,28). The Morgan fingerprint density at radius 3 is 2.24 bits per heavy atom. The van der Waals surface area contributed by atoms with Crippen molar-refractivity contribution >= 4 is 27.3 Å². The number of anilines is 2. The molecule has 176 valence electrons. The van der Waals surface area contributed by atoms with Gasteiger partial charge in [-0.3, -0.25) is 18.6 Å². The van der Waals surface area contributed by atoms with Gasteiger partial charge in [0.15, 0.2) is 0 Å². The summed E-state index contributed by atoms with van der Waals surface area (Å²) in [5.74, 6) is -0.0398. The Morgan fingerprint density at radius 2 is 1.70 bits per heavy atom. The molecule has 1 N–H and O–H groups in total. The summed E-state index contributed by atoms with van der Waals surface area (Å²) in [7, 11) is -2.05. The number of carbonyl (C=O) groups excluding carboxylic acids is 1. The molecule has 0 unspecified atom stereocenters. The fraction of sp³-hybridized carbons (Fsp3) is 0.304. The molecule has 0 radical (unpaired) electrons. The summed E-state index contributed by atoms with van der Waals surface area (Å²) in [5, 5.41) is 2.60. The highest BCUT2D eigenvalue weighted by atomic mass is 32.2. The topological polar surface area (TPSA) is 103 Å². The Labute approximate surface area is 193 Å². The number of carbonyl (C=O) groups is 1. The van der Waals surface area contributed by atoms with E-state index in [1.165, 1.54) is 4.68 Å². The van der Waals surface area contributed by atoms with Crippen LogP contribution in [0.25, 0.3) is 5.69 Å². The number of aromatic nitrogens is 2. The molecule has 10 heteroatoms. The summed E-state index contributed by atoms with van der Waals surface area (Å²) in [4.78, 5) is 25.8. The first kappa shape index (κ1) is 24.1. The zero-order valence-electron chi connectivity index (χ0n) is 19.3. The first-order chi connectivity index (χ1) is 15.5. The highest BCUT2D eigenvalue weighted by molar-refractivity contribution is 7.92. The van der Waals surface area contributed by atoms with Gasteiger partial charge >= 0.3 is 0 Å². The van der Waals surface area contributed by atoms with Crippen molar-refractivity contribution < 1.29 is 17.9 Å². The largest absolute Gasteiger partial charge is 0.491 e. The minimum atomic E-state index is -3.76. The van der Waals surface area contributed by atoms with E-state index < -0.39 is 28.0 Å². The molecule has 3 aromatic rings. The third kappa shape index (κ3) is 5.46. The number of benzene rings is 2. The number of hydrogen-bond acceptors (Lipinski definition) is 5. The summed E-state index contributed by atoms with van der Waals surface area (Å²) >= 11 is 0. The number of nitrogens with one attached hydrogen (secondary N) is 1. The van der Waals surface area contributed by atoms with Crippen molar-refractivity contribution in [2.24, 2.45) is 7.05 Å².